The maximum absolute atomic E-state index is 11.9. The van der Waals surface area contributed by atoms with Gasteiger partial charge >= 0.3 is 17.7 Å². The third-order valence-electron chi connectivity index (χ3n) is 8.07. The van der Waals surface area contributed by atoms with Crippen LogP contribution in [0.3, 0.4) is 0 Å². The molecule has 0 saturated carbocycles. The van der Waals surface area contributed by atoms with Crippen LogP contribution >= 0.6 is 0 Å². The Hall–Kier alpha value is -1.59. The van der Waals surface area contributed by atoms with Gasteiger partial charge in [0.05, 0.1) is 13.2 Å². The lowest BCUT2D eigenvalue weighted by atomic mass is 10.0. The minimum Gasteiger partial charge on any atom is -0.465 e. The monoisotopic (exact) mass is 578 g/mol. The topological polar surface area (TPSA) is 77.1 Å². The molecular formula is C35H67N3O3. The van der Waals surface area contributed by atoms with Crippen molar-refractivity contribution in [3.05, 3.63) is 10.5 Å². The summed E-state index contributed by atoms with van der Waals surface area (Å²) in [7, 11) is 0. The van der Waals surface area contributed by atoms with Crippen molar-refractivity contribution in [3.8, 4) is 12.0 Å². The average molecular weight is 578 g/mol. The highest BCUT2D eigenvalue weighted by Crippen LogP contribution is 2.15. The summed E-state index contributed by atoms with van der Waals surface area (Å²) in [6.45, 7) is 5.66. The molecule has 0 spiro atoms. The van der Waals surface area contributed by atoms with Crippen molar-refractivity contribution < 1.29 is 9.47 Å². The zero-order chi connectivity index (χ0) is 29.5. The molecule has 240 valence electrons. The predicted molar refractivity (Wildman–Crippen MR) is 174 cm³/mol. The SMILES string of the molecule is CCCCCCCCCCCCCCCCOc1nc(OCCCCCCCCCCCCCCCC)[nH]c(=O)n1. The molecule has 1 aromatic heterocycles. The van der Waals surface area contributed by atoms with Crippen molar-refractivity contribution in [2.24, 2.45) is 0 Å². The first-order valence-corrected chi connectivity index (χ1v) is 18.0. The summed E-state index contributed by atoms with van der Waals surface area (Å²) in [5.74, 6) is 0. The Labute approximate surface area is 253 Å². The van der Waals surface area contributed by atoms with Gasteiger partial charge in [-0.25, -0.2) is 4.79 Å². The molecule has 0 radical (unpaired) electrons. The van der Waals surface area contributed by atoms with Crippen molar-refractivity contribution in [3.63, 3.8) is 0 Å². The van der Waals surface area contributed by atoms with Crippen LogP contribution in [0, 0.1) is 0 Å². The zero-order valence-electron chi connectivity index (χ0n) is 27.3. The van der Waals surface area contributed by atoms with Crippen molar-refractivity contribution in [1.29, 1.82) is 0 Å². The second-order valence-corrected chi connectivity index (χ2v) is 12.1. The number of hydrogen-bond acceptors (Lipinski definition) is 5. The first-order valence-electron chi connectivity index (χ1n) is 18.0. The largest absolute Gasteiger partial charge is 0.465 e. The van der Waals surface area contributed by atoms with E-state index in [2.05, 4.69) is 28.8 Å². The summed E-state index contributed by atoms with van der Waals surface area (Å²) in [5, 5.41) is 0. The molecule has 1 aromatic rings. The quantitative estimate of drug-likeness (QED) is 0.0862. The molecule has 0 fully saturated rings. The van der Waals surface area contributed by atoms with Crippen LogP contribution in [0.1, 0.15) is 194 Å². The van der Waals surface area contributed by atoms with E-state index in [-0.39, 0.29) is 12.0 Å². The Balaban J connectivity index is 1.93. The van der Waals surface area contributed by atoms with E-state index >= 15 is 0 Å². The Kier molecular flexibility index (Phi) is 27.3. The van der Waals surface area contributed by atoms with E-state index in [4.69, 9.17) is 9.47 Å². The van der Waals surface area contributed by atoms with Gasteiger partial charge in [-0.15, -0.1) is 9.97 Å². The molecule has 6 heteroatoms. The van der Waals surface area contributed by atoms with E-state index in [1.54, 1.807) is 0 Å². The average Bonchev–Trinajstić information content (AvgIpc) is 2.97. The van der Waals surface area contributed by atoms with Crippen LogP contribution < -0.4 is 15.2 Å². The summed E-state index contributed by atoms with van der Waals surface area (Å²) in [4.78, 5) is 22.5. The van der Waals surface area contributed by atoms with Crippen LogP contribution in [0.25, 0.3) is 0 Å². The van der Waals surface area contributed by atoms with Crippen LogP contribution in [-0.2, 0) is 0 Å². The van der Waals surface area contributed by atoms with Gasteiger partial charge in [-0.1, -0.05) is 181 Å². The van der Waals surface area contributed by atoms with E-state index in [1.165, 1.54) is 154 Å². The second-order valence-electron chi connectivity index (χ2n) is 12.1. The number of aromatic nitrogens is 3. The van der Waals surface area contributed by atoms with E-state index in [9.17, 15) is 4.79 Å². The molecule has 1 rings (SSSR count). The maximum atomic E-state index is 11.9. The van der Waals surface area contributed by atoms with Gasteiger partial charge in [0.1, 0.15) is 0 Å². The fourth-order valence-electron chi connectivity index (χ4n) is 5.40. The van der Waals surface area contributed by atoms with Crippen LogP contribution in [0.2, 0.25) is 0 Å². The Morgan fingerprint density at radius 1 is 0.439 bits per heavy atom. The third kappa shape index (κ3) is 25.8. The smallest absolute Gasteiger partial charge is 0.353 e. The fraction of sp³-hybridized carbons (Fsp3) is 0.914. The summed E-state index contributed by atoms with van der Waals surface area (Å²) in [5.41, 5.74) is -0.466. The molecule has 0 aliphatic heterocycles. The van der Waals surface area contributed by atoms with E-state index < -0.39 is 5.69 Å². The number of nitrogens with zero attached hydrogens (tertiary/aromatic N) is 2. The molecule has 41 heavy (non-hydrogen) atoms. The number of unbranched alkanes of at least 4 members (excludes halogenated alkanes) is 26. The van der Waals surface area contributed by atoms with Gasteiger partial charge in [0, 0.05) is 0 Å². The molecule has 1 heterocycles. The molecule has 0 atom stereocenters. The van der Waals surface area contributed by atoms with Gasteiger partial charge in [-0.05, 0) is 12.8 Å². The third-order valence-corrected chi connectivity index (χ3v) is 8.07. The Morgan fingerprint density at radius 2 is 0.756 bits per heavy atom. The standard InChI is InChI=1S/C35H67N3O3/c1-3-5-7-9-11-13-15-17-19-21-23-25-27-29-31-40-34-36-33(39)37-35(38-34)41-32-30-28-26-24-22-20-18-16-14-12-10-8-6-4-2/h3-32H2,1-2H3,(H,36,37,38,39). The Bertz CT molecular complexity index is 670. The minimum atomic E-state index is -0.466. The summed E-state index contributed by atoms with van der Waals surface area (Å²) in [6, 6.07) is 0.343. The number of hydrogen-bond donors (Lipinski definition) is 1. The van der Waals surface area contributed by atoms with Crippen molar-refractivity contribution >= 4 is 0 Å². The molecule has 0 aliphatic carbocycles. The van der Waals surface area contributed by atoms with Gasteiger partial charge in [0.15, 0.2) is 0 Å². The van der Waals surface area contributed by atoms with Gasteiger partial charge in [-0.2, -0.15) is 0 Å². The van der Waals surface area contributed by atoms with Gasteiger partial charge in [0.2, 0.25) is 0 Å². The molecule has 6 nitrogen and oxygen atoms in total. The van der Waals surface area contributed by atoms with Crippen molar-refractivity contribution in [2.45, 2.75) is 194 Å². The van der Waals surface area contributed by atoms with Crippen LogP contribution in [-0.4, -0.2) is 28.2 Å². The molecule has 0 bridgehead atoms. The van der Waals surface area contributed by atoms with E-state index in [0.717, 1.165) is 25.7 Å². The fourth-order valence-corrected chi connectivity index (χ4v) is 5.40. The van der Waals surface area contributed by atoms with Crippen molar-refractivity contribution in [1.82, 2.24) is 15.0 Å². The van der Waals surface area contributed by atoms with E-state index in [0.29, 0.717) is 13.2 Å². The molecule has 0 amide bonds. The van der Waals surface area contributed by atoms with Crippen LogP contribution in [0.5, 0.6) is 12.0 Å². The number of H-pyrrole nitrogens is 1. The normalized spacial score (nSPS) is 11.3. The summed E-state index contributed by atoms with van der Waals surface area (Å²) < 4.78 is 11.3. The second kappa shape index (κ2) is 29.9. The lowest BCUT2D eigenvalue weighted by molar-refractivity contribution is 0.250. The lowest BCUT2D eigenvalue weighted by Gasteiger charge is -2.07. The highest BCUT2D eigenvalue weighted by atomic mass is 16.5. The van der Waals surface area contributed by atoms with Gasteiger partial charge in [0.25, 0.3) is 0 Å². The first kappa shape index (κ1) is 37.4. The predicted octanol–water partition coefficient (Wildman–Crippen LogP) is 10.9. The van der Waals surface area contributed by atoms with Crippen LogP contribution in [0.15, 0.2) is 4.79 Å². The molecule has 1 N–H and O–H groups in total. The van der Waals surface area contributed by atoms with Gasteiger partial charge in [-0.3, -0.25) is 4.98 Å². The number of nitrogens with one attached hydrogen (secondary N) is 1. The number of aromatic amines is 1. The maximum Gasteiger partial charge on any atom is 0.353 e. The number of ether oxygens (including phenoxy) is 2. The minimum absolute atomic E-state index is 0.124. The van der Waals surface area contributed by atoms with Crippen LogP contribution in [0.4, 0.5) is 0 Å². The molecule has 0 unspecified atom stereocenters. The van der Waals surface area contributed by atoms with Crippen molar-refractivity contribution in [2.75, 3.05) is 13.2 Å². The molecular weight excluding hydrogens is 510 g/mol. The van der Waals surface area contributed by atoms with E-state index in [1.807, 2.05) is 0 Å². The lowest BCUT2D eigenvalue weighted by Crippen LogP contribution is -2.16. The molecule has 0 saturated heterocycles. The number of rotatable bonds is 32. The highest BCUT2D eigenvalue weighted by molar-refractivity contribution is 4.99. The zero-order valence-corrected chi connectivity index (χ0v) is 27.3. The van der Waals surface area contributed by atoms with Gasteiger partial charge < -0.3 is 9.47 Å². The highest BCUT2D eigenvalue weighted by Gasteiger charge is 2.05. The first-order chi connectivity index (χ1) is 20.3. The molecule has 0 aliphatic rings. The summed E-state index contributed by atoms with van der Waals surface area (Å²) in [6.07, 6.45) is 37.1. The summed E-state index contributed by atoms with van der Waals surface area (Å²) >= 11 is 0. The molecule has 0 aromatic carbocycles. The Morgan fingerprint density at radius 3 is 1.12 bits per heavy atom.